The number of rotatable bonds is 7. The molecule has 0 radical (unpaired) electrons. The molecule has 0 N–H and O–H groups in total. The summed E-state index contributed by atoms with van der Waals surface area (Å²) in [5.74, 6) is 0.874. The lowest BCUT2D eigenvalue weighted by Crippen LogP contribution is -1.97. The fourth-order valence-electron chi connectivity index (χ4n) is 1.15. The summed E-state index contributed by atoms with van der Waals surface area (Å²) >= 11 is 6.98. The molecule has 0 unspecified atom stereocenters. The Labute approximate surface area is 114 Å². The number of hydrogen-bond donors (Lipinski definition) is 0. The Morgan fingerprint density at radius 1 is 1.18 bits per heavy atom. The number of benzene rings is 1. The second-order valence-electron chi connectivity index (χ2n) is 3.13. The predicted octanol–water partition coefficient (Wildman–Crippen LogP) is 4.59. The van der Waals surface area contributed by atoms with Crippen LogP contribution in [0.4, 0.5) is 0 Å². The fraction of sp³-hybridized carbons (Fsp3) is 0.417. The summed E-state index contributed by atoms with van der Waals surface area (Å²) in [5.41, 5.74) is 1.27. The van der Waals surface area contributed by atoms with Gasteiger partial charge in [0.15, 0.2) is 0 Å². The first-order valence-corrected chi connectivity index (χ1v) is 8.11. The predicted molar refractivity (Wildman–Crippen MR) is 80.5 cm³/mol. The van der Waals surface area contributed by atoms with Crippen LogP contribution in [0.15, 0.2) is 30.3 Å². The van der Waals surface area contributed by atoms with E-state index in [2.05, 4.69) is 12.1 Å². The number of thiocarbonyl (C=S) groups is 1. The Bertz CT molecular complexity index is 327. The largest absolute Gasteiger partial charge is 0.330 e. The average Bonchev–Trinajstić information content (AvgIpc) is 2.37. The summed E-state index contributed by atoms with van der Waals surface area (Å²) in [6.07, 6.45) is 0. The highest BCUT2D eigenvalue weighted by molar-refractivity contribution is 8.34. The molecule has 0 fully saturated rings. The van der Waals surface area contributed by atoms with E-state index in [0.29, 0.717) is 13.2 Å². The molecule has 1 rings (SSSR count). The lowest BCUT2D eigenvalue weighted by Gasteiger charge is -2.15. The zero-order valence-corrected chi connectivity index (χ0v) is 12.6. The zero-order valence-electron chi connectivity index (χ0n) is 10.1. The first kappa shape index (κ1) is 15.1. The van der Waals surface area contributed by atoms with Crippen LogP contribution in [0.3, 0.4) is 0 Å². The van der Waals surface area contributed by atoms with E-state index in [4.69, 9.17) is 21.3 Å². The smallest absolute Gasteiger partial charge is 0.223 e. The maximum absolute atomic E-state index is 5.51. The lowest BCUT2D eigenvalue weighted by atomic mass is 10.2. The highest BCUT2D eigenvalue weighted by atomic mass is 32.2. The molecule has 0 aromatic heterocycles. The van der Waals surface area contributed by atoms with Gasteiger partial charge in [-0.2, -0.15) is 0 Å². The summed E-state index contributed by atoms with van der Waals surface area (Å²) in [6, 6.07) is 10.3. The maximum atomic E-state index is 5.51. The van der Waals surface area contributed by atoms with E-state index in [1.807, 2.05) is 32.0 Å². The Hall–Kier alpha value is 0.0100. The van der Waals surface area contributed by atoms with Crippen molar-refractivity contribution in [2.45, 2.75) is 19.6 Å². The maximum Gasteiger partial charge on any atom is 0.223 e. The Morgan fingerprint density at radius 3 is 2.29 bits per heavy atom. The topological polar surface area (TPSA) is 18.5 Å². The molecule has 94 valence electrons. The monoisotopic (exact) mass is 288 g/mol. The van der Waals surface area contributed by atoms with Crippen molar-refractivity contribution < 1.29 is 9.05 Å². The van der Waals surface area contributed by atoms with Gasteiger partial charge in [-0.1, -0.05) is 42.5 Å². The minimum atomic E-state index is -1.02. The summed E-state index contributed by atoms with van der Waals surface area (Å²) in [6.45, 7) is 5.19. The summed E-state index contributed by atoms with van der Waals surface area (Å²) in [4.78, 5) is 0. The van der Waals surface area contributed by atoms with Crippen LogP contribution in [0, 0.1) is 0 Å². The Morgan fingerprint density at radius 2 is 1.76 bits per heavy atom. The minimum Gasteiger partial charge on any atom is -0.330 e. The molecule has 0 bridgehead atoms. The van der Waals surface area contributed by atoms with Crippen LogP contribution in [0.5, 0.6) is 0 Å². The van der Waals surface area contributed by atoms with Gasteiger partial charge in [0.1, 0.15) is 3.94 Å². The van der Waals surface area contributed by atoms with Crippen LogP contribution >= 0.6 is 32.4 Å². The molecule has 0 atom stereocenters. The van der Waals surface area contributed by atoms with E-state index in [0.717, 1.165) is 9.69 Å². The standard InChI is InChI=1S/C12H17O2PS2/c1-3-13-15(14-4-2)12(16)17-10-11-8-6-5-7-9-11/h5-9H,3-4,10H2,1-2H3. The molecule has 0 aliphatic heterocycles. The van der Waals surface area contributed by atoms with Crippen molar-refractivity contribution in [3.05, 3.63) is 35.9 Å². The normalized spacial score (nSPS) is 10.8. The van der Waals surface area contributed by atoms with Crippen molar-refractivity contribution in [2.75, 3.05) is 13.2 Å². The van der Waals surface area contributed by atoms with E-state index < -0.39 is 8.38 Å². The first-order valence-electron chi connectivity index (χ1n) is 5.54. The van der Waals surface area contributed by atoms with Gasteiger partial charge in [-0.05, 0) is 19.4 Å². The molecule has 1 aromatic carbocycles. The van der Waals surface area contributed by atoms with E-state index in [1.165, 1.54) is 5.56 Å². The average molecular weight is 288 g/mol. The van der Waals surface area contributed by atoms with Crippen molar-refractivity contribution in [3.63, 3.8) is 0 Å². The van der Waals surface area contributed by atoms with Gasteiger partial charge in [-0.3, -0.25) is 0 Å². The first-order chi connectivity index (χ1) is 8.27. The molecule has 0 amide bonds. The van der Waals surface area contributed by atoms with E-state index in [-0.39, 0.29) is 0 Å². The van der Waals surface area contributed by atoms with Crippen LogP contribution in [0.2, 0.25) is 0 Å². The van der Waals surface area contributed by atoms with Gasteiger partial charge >= 0.3 is 0 Å². The van der Waals surface area contributed by atoms with E-state index in [1.54, 1.807) is 11.8 Å². The summed E-state index contributed by atoms with van der Waals surface area (Å²) < 4.78 is 11.9. The third kappa shape index (κ3) is 5.94. The quantitative estimate of drug-likeness (QED) is 0.539. The molecule has 0 aliphatic carbocycles. The molecule has 17 heavy (non-hydrogen) atoms. The minimum absolute atomic E-state index is 0.637. The molecule has 1 aromatic rings. The van der Waals surface area contributed by atoms with Crippen LogP contribution in [-0.2, 0) is 14.8 Å². The van der Waals surface area contributed by atoms with Gasteiger partial charge in [0.25, 0.3) is 0 Å². The number of thioether (sulfide) groups is 1. The third-order valence-electron chi connectivity index (χ3n) is 1.85. The zero-order chi connectivity index (χ0) is 12.5. The molecule has 0 aliphatic rings. The van der Waals surface area contributed by atoms with Gasteiger partial charge in [-0.25, -0.2) is 0 Å². The molecule has 0 saturated carbocycles. The molecular formula is C12H17O2PS2. The molecular weight excluding hydrogens is 271 g/mol. The third-order valence-corrected chi connectivity index (χ3v) is 5.49. The fourth-order valence-corrected chi connectivity index (χ4v) is 3.81. The summed E-state index contributed by atoms with van der Waals surface area (Å²) in [7, 11) is -1.02. The SMILES string of the molecule is CCOP(OCC)C(=S)SCc1ccccc1. The molecule has 0 heterocycles. The second kappa shape index (κ2) is 9.01. The summed E-state index contributed by atoms with van der Waals surface area (Å²) in [5, 5.41) is 0. The van der Waals surface area contributed by atoms with Gasteiger partial charge < -0.3 is 9.05 Å². The van der Waals surface area contributed by atoms with Crippen molar-refractivity contribution in [3.8, 4) is 0 Å². The van der Waals surface area contributed by atoms with Gasteiger partial charge in [-0.15, -0.1) is 11.8 Å². The van der Waals surface area contributed by atoms with Crippen LogP contribution in [0.25, 0.3) is 0 Å². The van der Waals surface area contributed by atoms with E-state index in [9.17, 15) is 0 Å². The van der Waals surface area contributed by atoms with Gasteiger partial charge in [0.05, 0.1) is 13.2 Å². The highest BCUT2D eigenvalue weighted by Gasteiger charge is 2.16. The van der Waals surface area contributed by atoms with Gasteiger partial charge in [0, 0.05) is 5.75 Å². The molecule has 0 spiro atoms. The van der Waals surface area contributed by atoms with Crippen molar-refractivity contribution in [2.24, 2.45) is 0 Å². The van der Waals surface area contributed by atoms with Gasteiger partial charge in [0.2, 0.25) is 8.38 Å². The molecule has 2 nitrogen and oxygen atoms in total. The van der Waals surface area contributed by atoms with Crippen molar-refractivity contribution in [1.82, 2.24) is 0 Å². The van der Waals surface area contributed by atoms with E-state index >= 15 is 0 Å². The Kier molecular flexibility index (Phi) is 7.99. The number of hydrogen-bond acceptors (Lipinski definition) is 4. The van der Waals surface area contributed by atoms with Crippen LogP contribution in [0.1, 0.15) is 19.4 Å². The van der Waals surface area contributed by atoms with Crippen molar-refractivity contribution >= 4 is 36.3 Å². The molecule has 0 saturated heterocycles. The van der Waals surface area contributed by atoms with Crippen LogP contribution in [-0.4, -0.2) is 17.2 Å². The second-order valence-corrected chi connectivity index (χ2v) is 6.87. The lowest BCUT2D eigenvalue weighted by molar-refractivity contribution is 0.280. The van der Waals surface area contributed by atoms with Crippen molar-refractivity contribution in [1.29, 1.82) is 0 Å². The Balaban J connectivity index is 2.41. The van der Waals surface area contributed by atoms with Crippen LogP contribution < -0.4 is 0 Å². The molecule has 5 heteroatoms. The highest BCUT2D eigenvalue weighted by Crippen LogP contribution is 2.45.